The number of guanidine groups is 1. The molecule has 0 aromatic heterocycles. The zero-order valence-corrected chi connectivity index (χ0v) is 12.4. The molecule has 1 rings (SSSR count). The summed E-state index contributed by atoms with van der Waals surface area (Å²) in [5, 5.41) is 6.58. The number of unbranched alkanes of at least 4 members (excludes halogenated alkanes) is 1. The Kier molecular flexibility index (Phi) is 9.45. The van der Waals surface area contributed by atoms with E-state index >= 15 is 0 Å². The molecule has 112 valence electrons. The lowest BCUT2D eigenvalue weighted by atomic mass is 10.1. The highest BCUT2D eigenvalue weighted by Gasteiger charge is 2.15. The lowest BCUT2D eigenvalue weighted by Gasteiger charge is -2.12. The van der Waals surface area contributed by atoms with Crippen LogP contribution in [-0.4, -0.2) is 52.5 Å². The van der Waals surface area contributed by atoms with Gasteiger partial charge in [-0.15, -0.1) is 0 Å². The fourth-order valence-corrected chi connectivity index (χ4v) is 1.95. The van der Waals surface area contributed by atoms with Crippen LogP contribution in [0.1, 0.15) is 32.6 Å². The first-order valence-corrected chi connectivity index (χ1v) is 7.46. The molecule has 5 nitrogen and oxygen atoms in total. The van der Waals surface area contributed by atoms with E-state index in [1.165, 1.54) is 12.8 Å². The summed E-state index contributed by atoms with van der Waals surface area (Å²) < 4.78 is 11.0. The fourth-order valence-electron chi connectivity index (χ4n) is 1.95. The van der Waals surface area contributed by atoms with Gasteiger partial charge in [-0.1, -0.05) is 13.3 Å². The van der Waals surface area contributed by atoms with Crippen LogP contribution in [0.25, 0.3) is 0 Å². The van der Waals surface area contributed by atoms with Crippen LogP contribution < -0.4 is 10.6 Å². The van der Waals surface area contributed by atoms with E-state index in [0.29, 0.717) is 5.92 Å². The molecule has 1 heterocycles. The van der Waals surface area contributed by atoms with Gasteiger partial charge in [0, 0.05) is 39.3 Å². The van der Waals surface area contributed by atoms with Crippen LogP contribution in [0.2, 0.25) is 0 Å². The Balaban J connectivity index is 1.90. The number of hydrogen-bond donors (Lipinski definition) is 2. The van der Waals surface area contributed by atoms with E-state index < -0.39 is 0 Å². The second-order valence-electron chi connectivity index (χ2n) is 4.94. The quantitative estimate of drug-likeness (QED) is 0.378. The summed E-state index contributed by atoms with van der Waals surface area (Å²) in [4.78, 5) is 4.18. The van der Waals surface area contributed by atoms with Crippen molar-refractivity contribution in [2.45, 2.75) is 32.6 Å². The van der Waals surface area contributed by atoms with Crippen LogP contribution in [0.15, 0.2) is 4.99 Å². The molecule has 0 aliphatic carbocycles. The van der Waals surface area contributed by atoms with Crippen LogP contribution in [0.4, 0.5) is 0 Å². The number of hydrogen-bond acceptors (Lipinski definition) is 3. The number of aliphatic imine (C=N–C) groups is 1. The maximum absolute atomic E-state index is 5.65. The first-order valence-electron chi connectivity index (χ1n) is 7.46. The van der Waals surface area contributed by atoms with Crippen molar-refractivity contribution in [3.05, 3.63) is 0 Å². The van der Waals surface area contributed by atoms with Crippen LogP contribution in [0.3, 0.4) is 0 Å². The van der Waals surface area contributed by atoms with Crippen LogP contribution in [0.5, 0.6) is 0 Å². The van der Waals surface area contributed by atoms with Gasteiger partial charge in [0.1, 0.15) is 0 Å². The van der Waals surface area contributed by atoms with Crippen molar-refractivity contribution in [2.75, 3.05) is 46.6 Å². The molecule has 1 atom stereocenters. The van der Waals surface area contributed by atoms with Crippen molar-refractivity contribution in [2.24, 2.45) is 10.9 Å². The van der Waals surface area contributed by atoms with Gasteiger partial charge in [-0.2, -0.15) is 0 Å². The van der Waals surface area contributed by atoms with E-state index in [1.54, 1.807) is 7.05 Å². The third-order valence-corrected chi connectivity index (χ3v) is 3.18. The molecule has 5 heteroatoms. The van der Waals surface area contributed by atoms with E-state index in [0.717, 1.165) is 58.3 Å². The molecule has 1 saturated heterocycles. The fraction of sp³-hybridized carbons (Fsp3) is 0.929. The summed E-state index contributed by atoms with van der Waals surface area (Å²) in [6, 6.07) is 0. The third kappa shape index (κ3) is 8.06. The van der Waals surface area contributed by atoms with Crippen molar-refractivity contribution >= 4 is 5.96 Å². The van der Waals surface area contributed by atoms with Gasteiger partial charge in [0.15, 0.2) is 5.96 Å². The number of nitrogens with zero attached hydrogens (tertiary/aromatic N) is 1. The molecule has 0 spiro atoms. The van der Waals surface area contributed by atoms with Gasteiger partial charge in [0.2, 0.25) is 0 Å². The minimum atomic E-state index is 0.608. The molecule has 0 aromatic carbocycles. The molecule has 0 amide bonds. The molecule has 0 bridgehead atoms. The third-order valence-electron chi connectivity index (χ3n) is 3.18. The van der Waals surface area contributed by atoms with Crippen molar-refractivity contribution in [3.8, 4) is 0 Å². The Morgan fingerprint density at radius 1 is 1.32 bits per heavy atom. The summed E-state index contributed by atoms with van der Waals surface area (Å²) in [5.74, 6) is 1.49. The lowest BCUT2D eigenvalue weighted by molar-refractivity contribution is 0.0888. The van der Waals surface area contributed by atoms with Gasteiger partial charge < -0.3 is 20.1 Å². The van der Waals surface area contributed by atoms with E-state index in [2.05, 4.69) is 22.5 Å². The Labute approximate surface area is 117 Å². The second kappa shape index (κ2) is 11.1. The Hall–Kier alpha value is -0.810. The molecule has 1 aliphatic rings. The van der Waals surface area contributed by atoms with Gasteiger partial charge in [0.05, 0.1) is 13.2 Å². The molecule has 2 N–H and O–H groups in total. The largest absolute Gasteiger partial charge is 0.381 e. The lowest BCUT2D eigenvalue weighted by Crippen LogP contribution is -2.38. The molecule has 0 radical (unpaired) electrons. The summed E-state index contributed by atoms with van der Waals surface area (Å²) >= 11 is 0. The smallest absolute Gasteiger partial charge is 0.190 e. The molecular formula is C14H29N3O2. The topological polar surface area (TPSA) is 54.9 Å². The van der Waals surface area contributed by atoms with Crippen molar-refractivity contribution in [1.29, 1.82) is 0 Å². The van der Waals surface area contributed by atoms with Gasteiger partial charge >= 0.3 is 0 Å². The van der Waals surface area contributed by atoms with Gasteiger partial charge in [-0.25, -0.2) is 0 Å². The maximum atomic E-state index is 5.65. The molecule has 1 fully saturated rings. The molecule has 0 aromatic rings. The molecular weight excluding hydrogens is 242 g/mol. The number of rotatable bonds is 9. The van der Waals surface area contributed by atoms with Crippen LogP contribution in [-0.2, 0) is 9.47 Å². The van der Waals surface area contributed by atoms with Crippen molar-refractivity contribution in [1.82, 2.24) is 10.6 Å². The summed E-state index contributed by atoms with van der Waals surface area (Å²) in [7, 11) is 1.80. The van der Waals surface area contributed by atoms with Gasteiger partial charge in [0.25, 0.3) is 0 Å². The van der Waals surface area contributed by atoms with Crippen molar-refractivity contribution < 1.29 is 9.47 Å². The van der Waals surface area contributed by atoms with Gasteiger partial charge in [-0.05, 0) is 19.3 Å². The minimum Gasteiger partial charge on any atom is -0.381 e. The highest BCUT2D eigenvalue weighted by atomic mass is 16.5. The SMILES string of the molecule is CCCCNC(=NC)NCCCOCC1CCOC1. The summed E-state index contributed by atoms with van der Waals surface area (Å²) in [6.07, 6.45) is 4.52. The summed E-state index contributed by atoms with van der Waals surface area (Å²) in [5.41, 5.74) is 0. The Morgan fingerprint density at radius 2 is 2.11 bits per heavy atom. The van der Waals surface area contributed by atoms with Crippen LogP contribution >= 0.6 is 0 Å². The maximum Gasteiger partial charge on any atom is 0.190 e. The molecule has 1 aliphatic heterocycles. The number of nitrogens with one attached hydrogen (secondary N) is 2. The molecule has 19 heavy (non-hydrogen) atoms. The normalized spacial score (nSPS) is 19.7. The highest BCUT2D eigenvalue weighted by molar-refractivity contribution is 5.79. The standard InChI is InChI=1S/C14H29N3O2/c1-3-4-7-16-14(15-2)17-8-5-9-18-11-13-6-10-19-12-13/h13H,3-12H2,1-2H3,(H2,15,16,17). The molecule has 0 saturated carbocycles. The Morgan fingerprint density at radius 3 is 2.74 bits per heavy atom. The summed E-state index contributed by atoms with van der Waals surface area (Å²) in [6.45, 7) is 7.46. The average Bonchev–Trinajstić information content (AvgIpc) is 2.94. The zero-order valence-electron chi connectivity index (χ0n) is 12.4. The van der Waals surface area contributed by atoms with Crippen LogP contribution in [0, 0.1) is 5.92 Å². The first kappa shape index (κ1) is 16.2. The highest BCUT2D eigenvalue weighted by Crippen LogP contribution is 2.12. The monoisotopic (exact) mass is 271 g/mol. The second-order valence-corrected chi connectivity index (χ2v) is 4.94. The predicted octanol–water partition coefficient (Wildman–Crippen LogP) is 1.39. The predicted molar refractivity (Wildman–Crippen MR) is 78.6 cm³/mol. The van der Waals surface area contributed by atoms with E-state index in [9.17, 15) is 0 Å². The van der Waals surface area contributed by atoms with Crippen molar-refractivity contribution in [3.63, 3.8) is 0 Å². The zero-order chi connectivity index (χ0) is 13.8. The average molecular weight is 271 g/mol. The van der Waals surface area contributed by atoms with E-state index in [-0.39, 0.29) is 0 Å². The van der Waals surface area contributed by atoms with E-state index in [4.69, 9.17) is 9.47 Å². The van der Waals surface area contributed by atoms with E-state index in [1.807, 2.05) is 0 Å². The number of ether oxygens (including phenoxy) is 2. The first-order chi connectivity index (χ1) is 9.36. The minimum absolute atomic E-state index is 0.608. The Bertz CT molecular complexity index is 241. The van der Waals surface area contributed by atoms with Gasteiger partial charge in [-0.3, -0.25) is 4.99 Å². The molecule has 1 unspecified atom stereocenters.